The smallest absolute Gasteiger partial charge is 0.253 e. The third-order valence-corrected chi connectivity index (χ3v) is 7.49. The molecule has 2 atom stereocenters. The lowest BCUT2D eigenvalue weighted by Gasteiger charge is -2.33. The van der Waals surface area contributed by atoms with Crippen LogP contribution >= 0.6 is 0 Å². The summed E-state index contributed by atoms with van der Waals surface area (Å²) in [7, 11) is 4.19. The Morgan fingerprint density at radius 2 is 1.87 bits per heavy atom. The van der Waals surface area contributed by atoms with Crippen molar-refractivity contribution in [3.63, 3.8) is 0 Å². The first kappa shape index (κ1) is 20.6. The molecule has 5 rings (SSSR count). The number of hydrogen-bond donors (Lipinski definition) is 0. The number of hydrogen-bond acceptors (Lipinski definition) is 3. The molecule has 4 heteroatoms. The molecule has 1 heterocycles. The average molecular weight is 419 g/mol. The summed E-state index contributed by atoms with van der Waals surface area (Å²) in [5.41, 5.74) is 5.09. The van der Waals surface area contributed by atoms with Crippen LogP contribution in [-0.2, 0) is 12.8 Å². The van der Waals surface area contributed by atoms with E-state index >= 15 is 0 Å². The Bertz CT molecular complexity index is 935. The second kappa shape index (κ2) is 8.66. The van der Waals surface area contributed by atoms with Crippen LogP contribution in [0.4, 0.5) is 0 Å². The first-order chi connectivity index (χ1) is 15.1. The Kier molecular flexibility index (Phi) is 5.75. The van der Waals surface area contributed by atoms with Crippen LogP contribution in [0.15, 0.2) is 42.5 Å². The van der Waals surface area contributed by atoms with Gasteiger partial charge in [0.2, 0.25) is 0 Å². The van der Waals surface area contributed by atoms with Crippen LogP contribution in [0.1, 0.15) is 65.2 Å². The summed E-state index contributed by atoms with van der Waals surface area (Å²) in [4.78, 5) is 17.5. The third kappa shape index (κ3) is 4.50. The molecule has 0 radical (unpaired) electrons. The van der Waals surface area contributed by atoms with Crippen molar-refractivity contribution < 1.29 is 9.53 Å². The maximum Gasteiger partial charge on any atom is 0.253 e. The van der Waals surface area contributed by atoms with Gasteiger partial charge in [0.25, 0.3) is 5.91 Å². The molecule has 2 aliphatic carbocycles. The van der Waals surface area contributed by atoms with E-state index in [2.05, 4.69) is 30.1 Å². The van der Waals surface area contributed by atoms with Gasteiger partial charge in [-0.1, -0.05) is 18.2 Å². The van der Waals surface area contributed by atoms with Crippen LogP contribution in [0.5, 0.6) is 5.75 Å². The van der Waals surface area contributed by atoms with E-state index in [1.54, 1.807) is 0 Å². The van der Waals surface area contributed by atoms with Crippen molar-refractivity contribution in [3.8, 4) is 5.75 Å². The minimum Gasteiger partial charge on any atom is -0.493 e. The van der Waals surface area contributed by atoms with Crippen LogP contribution in [0.2, 0.25) is 0 Å². The van der Waals surface area contributed by atoms with E-state index in [0.717, 1.165) is 43.1 Å². The number of benzene rings is 2. The van der Waals surface area contributed by atoms with Crippen molar-refractivity contribution >= 4 is 5.91 Å². The number of ether oxygens (including phenoxy) is 1. The fourth-order valence-corrected chi connectivity index (χ4v) is 5.19. The van der Waals surface area contributed by atoms with Gasteiger partial charge in [-0.2, -0.15) is 0 Å². The SMILES string of the molecule is CN1CCCC1c1ccc2c(c1)CCC(N(C)C(=O)c1ccc(OCC3CC3)cc1)C2. The summed E-state index contributed by atoms with van der Waals surface area (Å²) < 4.78 is 5.81. The predicted octanol–water partition coefficient (Wildman–Crippen LogP) is 4.87. The van der Waals surface area contributed by atoms with E-state index in [4.69, 9.17) is 4.74 Å². The fraction of sp³-hybridized carbons (Fsp3) is 0.519. The lowest BCUT2D eigenvalue weighted by atomic mass is 9.85. The Balaban J connectivity index is 1.22. The largest absolute Gasteiger partial charge is 0.493 e. The molecule has 0 N–H and O–H groups in total. The zero-order valence-corrected chi connectivity index (χ0v) is 18.8. The van der Waals surface area contributed by atoms with Gasteiger partial charge in [0.15, 0.2) is 0 Å². The van der Waals surface area contributed by atoms with Gasteiger partial charge in [0.1, 0.15) is 5.75 Å². The summed E-state index contributed by atoms with van der Waals surface area (Å²) >= 11 is 0. The van der Waals surface area contributed by atoms with Crippen LogP contribution in [0.3, 0.4) is 0 Å². The monoisotopic (exact) mass is 418 g/mol. The minimum atomic E-state index is 0.103. The van der Waals surface area contributed by atoms with Gasteiger partial charge in [0.05, 0.1) is 6.61 Å². The number of rotatable bonds is 6. The Morgan fingerprint density at radius 3 is 2.58 bits per heavy atom. The van der Waals surface area contributed by atoms with Crippen molar-refractivity contribution in [1.82, 2.24) is 9.80 Å². The molecule has 31 heavy (non-hydrogen) atoms. The first-order valence-corrected chi connectivity index (χ1v) is 11.9. The molecule has 0 bridgehead atoms. The fourth-order valence-electron chi connectivity index (χ4n) is 5.19. The number of nitrogens with zero attached hydrogens (tertiary/aromatic N) is 2. The van der Waals surface area contributed by atoms with Gasteiger partial charge in [-0.25, -0.2) is 0 Å². The lowest BCUT2D eigenvalue weighted by molar-refractivity contribution is 0.0719. The molecule has 2 aromatic carbocycles. The van der Waals surface area contributed by atoms with Crippen LogP contribution < -0.4 is 4.74 Å². The average Bonchev–Trinajstić information content (AvgIpc) is 3.54. The number of aryl methyl sites for hydroxylation is 1. The second-order valence-corrected chi connectivity index (χ2v) is 9.76. The molecule has 1 saturated heterocycles. The van der Waals surface area contributed by atoms with Crippen LogP contribution in [-0.4, -0.2) is 49.0 Å². The van der Waals surface area contributed by atoms with Crippen LogP contribution in [0.25, 0.3) is 0 Å². The summed E-state index contributed by atoms with van der Waals surface area (Å²) in [5.74, 6) is 1.70. The normalized spacial score (nSPS) is 23.4. The van der Waals surface area contributed by atoms with E-state index in [-0.39, 0.29) is 11.9 Å². The van der Waals surface area contributed by atoms with E-state index < -0.39 is 0 Å². The molecule has 0 aromatic heterocycles. The molecule has 1 aliphatic heterocycles. The van der Waals surface area contributed by atoms with Crippen LogP contribution in [0, 0.1) is 5.92 Å². The molecule has 0 spiro atoms. The molecule has 2 unspecified atom stereocenters. The summed E-state index contributed by atoms with van der Waals surface area (Å²) in [6, 6.07) is 15.6. The highest BCUT2D eigenvalue weighted by Gasteiger charge is 2.28. The van der Waals surface area contributed by atoms with Crippen molar-refractivity contribution in [2.45, 2.75) is 57.0 Å². The van der Waals surface area contributed by atoms with Crippen molar-refractivity contribution in [1.29, 1.82) is 0 Å². The molecule has 4 nitrogen and oxygen atoms in total. The Hall–Kier alpha value is -2.33. The molecule has 1 amide bonds. The Morgan fingerprint density at radius 1 is 1.06 bits per heavy atom. The van der Waals surface area contributed by atoms with E-state index in [1.165, 1.54) is 48.9 Å². The standard InChI is InChI=1S/C27H34N2O2/c1-28-15-3-4-26(28)23-8-7-22-17-24(12-9-21(22)16-23)29(2)27(30)20-10-13-25(14-11-20)31-18-19-5-6-19/h7-8,10-11,13-14,16,19,24,26H,3-6,9,12,15,17-18H2,1-2H3. The predicted molar refractivity (Wildman–Crippen MR) is 124 cm³/mol. The highest BCUT2D eigenvalue weighted by atomic mass is 16.5. The van der Waals surface area contributed by atoms with Crippen molar-refractivity contribution in [3.05, 3.63) is 64.7 Å². The summed E-state index contributed by atoms with van der Waals surface area (Å²) in [6.07, 6.45) is 8.15. The van der Waals surface area contributed by atoms with E-state index in [0.29, 0.717) is 6.04 Å². The third-order valence-electron chi connectivity index (χ3n) is 7.49. The molecular formula is C27H34N2O2. The molecule has 1 saturated carbocycles. The zero-order valence-electron chi connectivity index (χ0n) is 18.8. The van der Waals surface area contributed by atoms with Crippen molar-refractivity contribution in [2.75, 3.05) is 27.2 Å². The summed E-state index contributed by atoms with van der Waals surface area (Å²) in [6.45, 7) is 2.00. The molecule has 2 aromatic rings. The minimum absolute atomic E-state index is 0.103. The van der Waals surface area contributed by atoms with Gasteiger partial charge in [-0.3, -0.25) is 9.69 Å². The second-order valence-electron chi connectivity index (χ2n) is 9.76. The summed E-state index contributed by atoms with van der Waals surface area (Å²) in [5, 5.41) is 0. The van der Waals surface area contributed by atoms with E-state index in [9.17, 15) is 4.79 Å². The van der Waals surface area contributed by atoms with Gasteiger partial charge < -0.3 is 9.64 Å². The lowest BCUT2D eigenvalue weighted by Crippen LogP contribution is -2.40. The van der Waals surface area contributed by atoms with Gasteiger partial charge in [-0.15, -0.1) is 0 Å². The molecule has 164 valence electrons. The number of fused-ring (bicyclic) bond motifs is 1. The number of carbonyl (C=O) groups is 1. The van der Waals surface area contributed by atoms with E-state index in [1.807, 2.05) is 36.2 Å². The highest BCUT2D eigenvalue weighted by Crippen LogP contribution is 2.34. The molecule has 3 aliphatic rings. The quantitative estimate of drug-likeness (QED) is 0.671. The van der Waals surface area contributed by atoms with Gasteiger partial charge in [0, 0.05) is 24.7 Å². The van der Waals surface area contributed by atoms with Crippen molar-refractivity contribution in [2.24, 2.45) is 5.92 Å². The maximum absolute atomic E-state index is 13.1. The number of amides is 1. The Labute approximate surface area is 186 Å². The molecular weight excluding hydrogens is 384 g/mol. The first-order valence-electron chi connectivity index (χ1n) is 11.9. The highest BCUT2D eigenvalue weighted by molar-refractivity contribution is 5.94. The number of likely N-dealkylation sites (tertiary alicyclic amines) is 1. The maximum atomic E-state index is 13.1. The number of likely N-dealkylation sites (N-methyl/N-ethyl adjacent to an activating group) is 1. The zero-order chi connectivity index (χ0) is 21.4. The topological polar surface area (TPSA) is 32.8 Å². The van der Waals surface area contributed by atoms with Gasteiger partial charge >= 0.3 is 0 Å². The van der Waals surface area contributed by atoms with Gasteiger partial charge in [-0.05, 0) is 105 Å². The molecule has 2 fully saturated rings. The number of carbonyl (C=O) groups excluding carboxylic acids is 1.